The van der Waals surface area contributed by atoms with Gasteiger partial charge in [0.2, 0.25) is 11.8 Å². The van der Waals surface area contributed by atoms with Crippen LogP contribution in [0.25, 0.3) is 0 Å². The van der Waals surface area contributed by atoms with Crippen LogP contribution in [0, 0.1) is 12.3 Å². The molecule has 44 heavy (non-hydrogen) atoms. The van der Waals surface area contributed by atoms with Gasteiger partial charge in [0.15, 0.2) is 0 Å². The Morgan fingerprint density at radius 1 is 0.886 bits per heavy atom. The van der Waals surface area contributed by atoms with Crippen molar-refractivity contribution in [1.82, 2.24) is 15.5 Å². The van der Waals surface area contributed by atoms with E-state index >= 15 is 0 Å². The summed E-state index contributed by atoms with van der Waals surface area (Å²) in [7, 11) is 0. The topological polar surface area (TPSA) is 134 Å². The van der Waals surface area contributed by atoms with Crippen molar-refractivity contribution in [3.8, 4) is 12.3 Å². The highest BCUT2D eigenvalue weighted by molar-refractivity contribution is 5.94. The van der Waals surface area contributed by atoms with Gasteiger partial charge >= 0.3 is 12.1 Å². The van der Waals surface area contributed by atoms with E-state index in [0.29, 0.717) is 17.5 Å². The van der Waals surface area contributed by atoms with E-state index in [1.165, 1.54) is 4.90 Å². The Morgan fingerprint density at radius 2 is 1.48 bits per heavy atom. The fraction of sp³-hybridized carbons (Fsp3) is 0.471. The highest BCUT2D eigenvalue weighted by Gasteiger charge is 2.38. The highest BCUT2D eigenvalue weighted by atomic mass is 16.6. The molecule has 238 valence electrons. The summed E-state index contributed by atoms with van der Waals surface area (Å²) in [4.78, 5) is 55.2. The molecule has 3 atom stereocenters. The van der Waals surface area contributed by atoms with Gasteiger partial charge in [-0.1, -0.05) is 55.3 Å². The number of aliphatic hydroxyl groups excluding tert-OH is 1. The molecule has 0 aliphatic carbocycles. The standard InChI is InChI=1S/C34H45N3O7/c1-9-20-37(30(40)27(22-38)36-32(42)44-34(6,7)8)28(25-18-16-23(10-2)17-19-25)29(39)35-26(31(41)43-33(3,4)5)21-24-14-12-11-13-15-24/h2,11-19,26-28,38H,9,20-22H2,1,3-8H3,(H,35,39)(H,36,42). The Kier molecular flexibility index (Phi) is 13.0. The quantitative estimate of drug-likeness (QED) is 0.246. The van der Waals surface area contributed by atoms with Gasteiger partial charge in [-0.3, -0.25) is 9.59 Å². The van der Waals surface area contributed by atoms with E-state index in [9.17, 15) is 24.3 Å². The number of benzene rings is 2. The number of esters is 1. The summed E-state index contributed by atoms with van der Waals surface area (Å²) in [6.07, 6.45) is 5.23. The zero-order chi connectivity index (χ0) is 33.1. The maximum atomic E-state index is 14.2. The molecule has 0 aliphatic rings. The smallest absolute Gasteiger partial charge is 0.408 e. The van der Waals surface area contributed by atoms with Crippen molar-refractivity contribution in [3.05, 3.63) is 71.3 Å². The lowest BCUT2D eigenvalue weighted by Gasteiger charge is -2.35. The maximum absolute atomic E-state index is 14.2. The number of terminal acetylenes is 1. The number of nitrogens with zero attached hydrogens (tertiary/aromatic N) is 1. The van der Waals surface area contributed by atoms with Gasteiger partial charge in [-0.05, 0) is 71.2 Å². The molecule has 0 saturated heterocycles. The molecule has 10 nitrogen and oxygen atoms in total. The first kappa shape index (κ1) is 35.8. The number of hydrogen-bond donors (Lipinski definition) is 3. The predicted octanol–water partition coefficient (Wildman–Crippen LogP) is 3.90. The van der Waals surface area contributed by atoms with Crippen molar-refractivity contribution >= 4 is 23.9 Å². The lowest BCUT2D eigenvalue weighted by Crippen LogP contribution is -2.56. The molecule has 0 aliphatic heterocycles. The molecule has 2 aromatic rings. The van der Waals surface area contributed by atoms with Gasteiger partial charge in [0, 0.05) is 18.5 Å². The number of rotatable bonds is 12. The summed E-state index contributed by atoms with van der Waals surface area (Å²) >= 11 is 0. The van der Waals surface area contributed by atoms with E-state index < -0.39 is 59.8 Å². The summed E-state index contributed by atoms with van der Waals surface area (Å²) in [5, 5.41) is 15.3. The second-order valence-corrected chi connectivity index (χ2v) is 12.4. The highest BCUT2D eigenvalue weighted by Crippen LogP contribution is 2.24. The van der Waals surface area contributed by atoms with Crippen LogP contribution in [0.3, 0.4) is 0 Å². The third-order valence-corrected chi connectivity index (χ3v) is 6.16. The summed E-state index contributed by atoms with van der Waals surface area (Å²) < 4.78 is 10.9. The Bertz CT molecular complexity index is 1310. The van der Waals surface area contributed by atoms with Crippen LogP contribution in [0.1, 0.15) is 77.6 Å². The second-order valence-electron chi connectivity index (χ2n) is 12.4. The van der Waals surface area contributed by atoms with Gasteiger partial charge in [0.05, 0.1) is 6.61 Å². The van der Waals surface area contributed by atoms with Crippen LogP contribution in [0.4, 0.5) is 4.79 Å². The van der Waals surface area contributed by atoms with Gasteiger partial charge in [0.25, 0.3) is 0 Å². The molecule has 3 amide bonds. The molecule has 0 aromatic heterocycles. The van der Waals surface area contributed by atoms with Crippen molar-refractivity contribution in [3.63, 3.8) is 0 Å². The maximum Gasteiger partial charge on any atom is 0.408 e. The molecule has 0 radical (unpaired) electrons. The fourth-order valence-electron chi connectivity index (χ4n) is 4.34. The third kappa shape index (κ3) is 11.4. The molecule has 2 rings (SSSR count). The van der Waals surface area contributed by atoms with Crippen LogP contribution >= 0.6 is 0 Å². The SMILES string of the molecule is C#Cc1ccc(C(C(=O)NC(Cc2ccccc2)C(=O)OC(C)(C)C)N(CCC)C(=O)C(CO)NC(=O)OC(C)(C)C)cc1. The number of aliphatic hydroxyl groups is 1. The van der Waals surface area contributed by atoms with E-state index in [4.69, 9.17) is 15.9 Å². The molecule has 0 heterocycles. The first-order valence-corrected chi connectivity index (χ1v) is 14.6. The molecule has 0 saturated carbocycles. The number of alkyl carbamates (subject to hydrolysis) is 1. The van der Waals surface area contributed by atoms with Crippen LogP contribution in [0.2, 0.25) is 0 Å². The zero-order valence-electron chi connectivity index (χ0n) is 26.7. The number of hydrogen-bond acceptors (Lipinski definition) is 7. The van der Waals surface area contributed by atoms with Crippen molar-refractivity contribution in [1.29, 1.82) is 0 Å². The molecular formula is C34H45N3O7. The molecule has 3 unspecified atom stereocenters. The van der Waals surface area contributed by atoms with Gasteiger partial charge in [-0.15, -0.1) is 6.42 Å². The lowest BCUT2D eigenvalue weighted by molar-refractivity contribution is -0.159. The Hall–Kier alpha value is -4.36. The van der Waals surface area contributed by atoms with E-state index in [0.717, 1.165) is 5.56 Å². The molecule has 0 spiro atoms. The second kappa shape index (κ2) is 15.9. The van der Waals surface area contributed by atoms with Crippen molar-refractivity contribution in [2.45, 2.75) is 90.6 Å². The summed E-state index contributed by atoms with van der Waals surface area (Å²) in [6.45, 7) is 11.4. The average Bonchev–Trinajstić information content (AvgIpc) is 2.94. The monoisotopic (exact) mass is 607 g/mol. The number of ether oxygens (including phenoxy) is 2. The van der Waals surface area contributed by atoms with Crippen LogP contribution in [0.5, 0.6) is 0 Å². The molecule has 10 heteroatoms. The summed E-state index contributed by atoms with van der Waals surface area (Å²) in [6, 6.07) is 12.0. The molecule has 0 bridgehead atoms. The lowest BCUT2D eigenvalue weighted by atomic mass is 9.99. The Labute approximate surface area is 260 Å². The van der Waals surface area contributed by atoms with E-state index in [1.807, 2.05) is 37.3 Å². The molecule has 0 fully saturated rings. The molecule has 3 N–H and O–H groups in total. The van der Waals surface area contributed by atoms with E-state index in [1.54, 1.807) is 65.8 Å². The van der Waals surface area contributed by atoms with Gasteiger partial charge in [-0.25, -0.2) is 9.59 Å². The van der Waals surface area contributed by atoms with Crippen molar-refractivity contribution in [2.75, 3.05) is 13.2 Å². The first-order chi connectivity index (χ1) is 20.6. The number of nitrogens with one attached hydrogen (secondary N) is 2. The van der Waals surface area contributed by atoms with Gasteiger partial charge in [0.1, 0.15) is 29.3 Å². The largest absolute Gasteiger partial charge is 0.458 e. The number of carbonyl (C=O) groups is 4. The normalized spacial score (nSPS) is 13.4. The average molecular weight is 608 g/mol. The van der Waals surface area contributed by atoms with Crippen molar-refractivity contribution in [2.24, 2.45) is 0 Å². The number of carbonyl (C=O) groups excluding carboxylic acids is 4. The van der Waals surface area contributed by atoms with Crippen LogP contribution in [-0.2, 0) is 30.3 Å². The predicted molar refractivity (Wildman–Crippen MR) is 167 cm³/mol. The Morgan fingerprint density at radius 3 is 1.98 bits per heavy atom. The Balaban J connectivity index is 2.54. The first-order valence-electron chi connectivity index (χ1n) is 14.6. The van der Waals surface area contributed by atoms with Crippen LogP contribution in [-0.4, -0.2) is 70.3 Å². The fourth-order valence-corrected chi connectivity index (χ4v) is 4.34. The minimum Gasteiger partial charge on any atom is -0.458 e. The third-order valence-electron chi connectivity index (χ3n) is 6.16. The minimum atomic E-state index is -1.40. The van der Waals surface area contributed by atoms with Gasteiger partial charge in [-0.2, -0.15) is 0 Å². The summed E-state index contributed by atoms with van der Waals surface area (Å²) in [5.41, 5.74) is 0.124. The van der Waals surface area contributed by atoms with Gasteiger partial charge < -0.3 is 30.1 Å². The van der Waals surface area contributed by atoms with E-state index in [-0.39, 0.29) is 13.0 Å². The van der Waals surface area contributed by atoms with Crippen molar-refractivity contribution < 1.29 is 33.8 Å². The number of amides is 3. The minimum absolute atomic E-state index is 0.0934. The molecule has 2 aromatic carbocycles. The van der Waals surface area contributed by atoms with Crippen LogP contribution in [0.15, 0.2) is 54.6 Å². The van der Waals surface area contributed by atoms with E-state index in [2.05, 4.69) is 16.6 Å². The summed E-state index contributed by atoms with van der Waals surface area (Å²) in [5.74, 6) is 0.530. The zero-order valence-corrected chi connectivity index (χ0v) is 26.7. The van der Waals surface area contributed by atoms with Crippen LogP contribution < -0.4 is 10.6 Å². The molecular weight excluding hydrogens is 562 g/mol.